The highest BCUT2D eigenvalue weighted by Gasteiger charge is 2.50. The monoisotopic (exact) mass is 680 g/mol. The van der Waals surface area contributed by atoms with Gasteiger partial charge in [0.2, 0.25) is 11.8 Å². The minimum Gasteiger partial charge on any atom is -0.508 e. The molecular formula is C36H37FN8O5. The number of hydrogen-bond acceptors (Lipinski definition) is 10. The number of ether oxygens (including phenoxy) is 2. The number of phenols is 1. The van der Waals surface area contributed by atoms with Gasteiger partial charge in [-0.1, -0.05) is 12.0 Å². The zero-order chi connectivity index (χ0) is 34.2. The number of amides is 3. The number of nitrogens with one attached hydrogen (secondary N) is 2. The molecule has 9 rings (SSSR count). The van der Waals surface area contributed by atoms with E-state index in [0.29, 0.717) is 77.2 Å². The highest BCUT2D eigenvalue weighted by molar-refractivity contribution is 6.07. The zero-order valence-corrected chi connectivity index (χ0v) is 27.5. The smallest absolute Gasteiger partial charge is 0.322 e. The van der Waals surface area contributed by atoms with Crippen LogP contribution in [0.25, 0.3) is 21.9 Å². The van der Waals surface area contributed by atoms with Crippen molar-refractivity contribution in [3.8, 4) is 24.0 Å². The van der Waals surface area contributed by atoms with Crippen LogP contribution in [-0.2, 0) is 16.1 Å². The van der Waals surface area contributed by atoms with Gasteiger partial charge in [-0.25, -0.2) is 14.2 Å². The summed E-state index contributed by atoms with van der Waals surface area (Å²) in [4.78, 5) is 44.0. The normalized spacial score (nSPS) is 25.6. The van der Waals surface area contributed by atoms with E-state index in [1.54, 1.807) is 29.1 Å². The van der Waals surface area contributed by atoms with Crippen LogP contribution in [0, 0.1) is 35.4 Å². The number of urea groups is 1. The van der Waals surface area contributed by atoms with E-state index in [0.717, 1.165) is 45.7 Å². The number of rotatable bonds is 8. The van der Waals surface area contributed by atoms with Crippen molar-refractivity contribution in [3.05, 3.63) is 47.5 Å². The molecule has 2 aromatic heterocycles. The Morgan fingerprint density at radius 3 is 2.70 bits per heavy atom. The molecule has 3 amide bonds. The molecule has 2 unspecified atom stereocenters. The van der Waals surface area contributed by atoms with Gasteiger partial charge in [0.15, 0.2) is 11.2 Å². The third-order valence-corrected chi connectivity index (χ3v) is 11.2. The predicted octanol–water partition coefficient (Wildman–Crippen LogP) is 2.77. The number of nitrogens with zero attached hydrogens (tertiary/aromatic N) is 6. The Morgan fingerprint density at radius 2 is 1.96 bits per heavy atom. The van der Waals surface area contributed by atoms with Crippen molar-refractivity contribution in [2.45, 2.75) is 37.8 Å². The predicted molar refractivity (Wildman–Crippen MR) is 180 cm³/mol. The van der Waals surface area contributed by atoms with Gasteiger partial charge < -0.3 is 34.3 Å². The first kappa shape index (κ1) is 31.0. The largest absolute Gasteiger partial charge is 0.508 e. The van der Waals surface area contributed by atoms with E-state index in [9.17, 15) is 19.1 Å². The minimum absolute atomic E-state index is 0.0187. The molecular weight excluding hydrogens is 643 g/mol. The molecule has 1 saturated carbocycles. The van der Waals surface area contributed by atoms with Gasteiger partial charge in [-0.05, 0) is 54.8 Å². The van der Waals surface area contributed by atoms with E-state index in [1.165, 1.54) is 6.07 Å². The number of benzene rings is 2. The van der Waals surface area contributed by atoms with Gasteiger partial charge in [-0.15, -0.1) is 6.42 Å². The van der Waals surface area contributed by atoms with Crippen molar-refractivity contribution >= 4 is 39.8 Å². The SMILES string of the molecule is C#Cc1c(F)ccc2cc(O)cc(Cn3cnc4c(OCC5(CN6CC7COCC7C6)CC5)nc(N5CCC[C@]6(C5)NC(=O)NC6=O)nc43)c12. The summed E-state index contributed by atoms with van der Waals surface area (Å²) in [5.41, 5.74) is 0.579. The van der Waals surface area contributed by atoms with Gasteiger partial charge >= 0.3 is 6.03 Å². The number of carbonyl (C=O) groups is 2. The van der Waals surface area contributed by atoms with Crippen LogP contribution in [0.1, 0.15) is 36.8 Å². The van der Waals surface area contributed by atoms with Crippen LogP contribution < -0.4 is 20.3 Å². The maximum absolute atomic E-state index is 14.9. The zero-order valence-electron chi connectivity index (χ0n) is 27.5. The third-order valence-electron chi connectivity index (χ3n) is 11.2. The molecule has 4 aliphatic heterocycles. The summed E-state index contributed by atoms with van der Waals surface area (Å²) in [6.07, 6.45) is 10.6. The summed E-state index contributed by atoms with van der Waals surface area (Å²) in [7, 11) is 0. The molecule has 1 aliphatic carbocycles. The molecule has 14 heteroatoms. The maximum atomic E-state index is 14.9. The Hall–Kier alpha value is -5.00. The van der Waals surface area contributed by atoms with Crippen molar-refractivity contribution in [1.29, 1.82) is 0 Å². The van der Waals surface area contributed by atoms with E-state index in [-0.39, 0.29) is 35.7 Å². The van der Waals surface area contributed by atoms with E-state index in [1.807, 2.05) is 4.90 Å². The van der Waals surface area contributed by atoms with Crippen molar-refractivity contribution in [2.24, 2.45) is 17.3 Å². The summed E-state index contributed by atoms with van der Waals surface area (Å²) in [6.45, 7) is 6.14. The summed E-state index contributed by atoms with van der Waals surface area (Å²) >= 11 is 0. The lowest BCUT2D eigenvalue weighted by atomic mass is 9.89. The standard InChI is InChI=1S/C36H37FN8O5/c1-2-26-27(37)5-4-21-10-25(46)11-22(28(21)26)14-45-20-38-29-30(45)39-33(44-9-3-6-36(18-44)32(47)41-34(48)42-36)40-31(29)50-19-35(7-8-35)17-43-12-23-15-49-16-24(23)13-43/h1,4-5,10-11,20,23-24,46H,3,6-9,12-19H2,(H2,41,42,47,48)/t23?,24?,36-/m1/s1. The molecule has 13 nitrogen and oxygen atoms in total. The molecule has 50 heavy (non-hydrogen) atoms. The number of aromatic hydroxyl groups is 1. The molecule has 1 spiro atoms. The number of imide groups is 1. The Bertz CT molecular complexity index is 2100. The van der Waals surface area contributed by atoms with Crippen molar-refractivity contribution in [3.63, 3.8) is 0 Å². The lowest BCUT2D eigenvalue weighted by Crippen LogP contribution is -2.59. The van der Waals surface area contributed by atoms with Gasteiger partial charge in [0.25, 0.3) is 5.91 Å². The quantitative estimate of drug-likeness (QED) is 0.188. The number of fused-ring (bicyclic) bond motifs is 3. The van der Waals surface area contributed by atoms with Gasteiger partial charge in [0.1, 0.15) is 17.1 Å². The number of hydrogen-bond donors (Lipinski definition) is 3. The van der Waals surface area contributed by atoms with Crippen LogP contribution in [0.2, 0.25) is 0 Å². The average Bonchev–Trinajstić information content (AvgIpc) is 3.36. The number of carbonyl (C=O) groups excluding carboxylic acids is 2. The van der Waals surface area contributed by atoms with Crippen molar-refractivity contribution in [1.82, 2.24) is 35.1 Å². The molecule has 4 aromatic rings. The molecule has 0 bridgehead atoms. The number of likely N-dealkylation sites (tertiary alicyclic amines) is 1. The maximum Gasteiger partial charge on any atom is 0.322 e. The molecule has 6 heterocycles. The average molecular weight is 681 g/mol. The minimum atomic E-state index is -1.08. The lowest BCUT2D eigenvalue weighted by molar-refractivity contribution is -0.124. The van der Waals surface area contributed by atoms with Crippen LogP contribution in [0.4, 0.5) is 15.1 Å². The number of anilines is 1. The number of imidazole rings is 1. The Kier molecular flexibility index (Phi) is 7.15. The van der Waals surface area contributed by atoms with Gasteiger partial charge in [0, 0.05) is 48.8 Å². The molecule has 4 saturated heterocycles. The molecule has 3 N–H and O–H groups in total. The van der Waals surface area contributed by atoms with Gasteiger partial charge in [0.05, 0.1) is 44.8 Å². The number of terminal acetylenes is 1. The second-order valence-electron chi connectivity index (χ2n) is 14.7. The first-order valence-electron chi connectivity index (χ1n) is 17.2. The van der Waals surface area contributed by atoms with Crippen molar-refractivity contribution < 1.29 is 28.6 Å². The van der Waals surface area contributed by atoms with Crippen LogP contribution in [0.3, 0.4) is 0 Å². The summed E-state index contributed by atoms with van der Waals surface area (Å²) in [6, 6.07) is 5.50. The second kappa shape index (κ2) is 11.5. The van der Waals surface area contributed by atoms with E-state index < -0.39 is 17.4 Å². The Balaban J connectivity index is 1.07. The fraction of sp³-hybridized carbons (Fsp3) is 0.472. The second-order valence-corrected chi connectivity index (χ2v) is 14.7. The highest BCUT2D eigenvalue weighted by atomic mass is 19.1. The molecule has 5 fully saturated rings. The lowest BCUT2D eigenvalue weighted by Gasteiger charge is -2.38. The van der Waals surface area contributed by atoms with E-state index >= 15 is 0 Å². The summed E-state index contributed by atoms with van der Waals surface area (Å²) < 4.78 is 28.9. The molecule has 3 atom stereocenters. The van der Waals surface area contributed by atoms with Crippen LogP contribution >= 0.6 is 0 Å². The Labute approximate surface area is 287 Å². The fourth-order valence-electron chi connectivity index (χ4n) is 8.40. The molecule has 2 aromatic carbocycles. The van der Waals surface area contributed by atoms with Gasteiger partial charge in [-0.3, -0.25) is 10.1 Å². The van der Waals surface area contributed by atoms with Crippen LogP contribution in [0.15, 0.2) is 30.6 Å². The Morgan fingerprint density at radius 1 is 1.14 bits per heavy atom. The first-order chi connectivity index (χ1) is 24.2. The molecule has 5 aliphatic rings. The third kappa shape index (κ3) is 5.27. The van der Waals surface area contributed by atoms with Crippen molar-refractivity contribution in [2.75, 3.05) is 57.4 Å². The first-order valence-corrected chi connectivity index (χ1v) is 17.2. The summed E-state index contributed by atoms with van der Waals surface area (Å²) in [5.74, 6) is 3.49. The van der Waals surface area contributed by atoms with Crippen LogP contribution in [-0.4, -0.2) is 99.5 Å². The number of phenolic OH excluding ortho intramolecular Hbond substituents is 1. The molecule has 258 valence electrons. The highest BCUT2D eigenvalue weighted by Crippen LogP contribution is 2.48. The molecule has 0 radical (unpaired) electrons. The number of halogens is 1. The number of piperidine rings is 1. The number of aromatic nitrogens is 4. The van der Waals surface area contributed by atoms with E-state index in [4.69, 9.17) is 30.8 Å². The topological polar surface area (TPSA) is 147 Å². The van der Waals surface area contributed by atoms with E-state index in [2.05, 4.69) is 21.5 Å². The summed E-state index contributed by atoms with van der Waals surface area (Å²) in [5, 5.41) is 16.9. The van der Waals surface area contributed by atoms with Gasteiger partial charge in [-0.2, -0.15) is 9.97 Å². The fourth-order valence-corrected chi connectivity index (χ4v) is 8.40. The van der Waals surface area contributed by atoms with Crippen LogP contribution in [0.5, 0.6) is 11.6 Å².